The Morgan fingerprint density at radius 3 is 1.13 bits per heavy atom. The fourth-order valence-electron chi connectivity index (χ4n) is 12.8. The third-order valence-electron chi connectivity index (χ3n) is 19.0. The number of hydrogen-bond donors (Lipinski definition) is 8. The summed E-state index contributed by atoms with van der Waals surface area (Å²) in [5, 5.41) is 33.9. The number of aliphatic hydroxyl groups is 1. The molecule has 10 rings (SSSR count). The van der Waals surface area contributed by atoms with Gasteiger partial charge in [0.25, 0.3) is 29.5 Å². The highest BCUT2D eigenvalue weighted by atomic mass is 16.6. The van der Waals surface area contributed by atoms with Gasteiger partial charge in [0.15, 0.2) is 34.5 Å². The molecule has 1 unspecified atom stereocenters. The van der Waals surface area contributed by atoms with E-state index in [0.29, 0.717) is 90.6 Å². The summed E-state index contributed by atoms with van der Waals surface area (Å²) >= 11 is 0. The molecule has 0 radical (unpaired) electrons. The van der Waals surface area contributed by atoms with Crippen LogP contribution >= 0.6 is 0 Å². The zero-order valence-electron chi connectivity index (χ0n) is 68.3. The summed E-state index contributed by atoms with van der Waals surface area (Å²) in [5.74, 6) is -2.16. The number of benzene rings is 9. The van der Waals surface area contributed by atoms with Crippen LogP contribution in [0.1, 0.15) is 137 Å². The Morgan fingerprint density at radius 1 is 0.387 bits per heavy atom. The number of alkyl carbamates (subject to hydrolysis) is 1. The van der Waals surface area contributed by atoms with Crippen LogP contribution in [0.4, 0.5) is 4.79 Å². The van der Waals surface area contributed by atoms with Crippen LogP contribution in [0.2, 0.25) is 0 Å². The molecule has 1 aliphatic rings. The van der Waals surface area contributed by atoms with E-state index in [4.69, 9.17) is 47.4 Å². The number of ether oxygens (including phenoxy) is 10. The number of fused-ring (bicyclic) bond motifs is 6. The highest BCUT2D eigenvalue weighted by Gasteiger charge is 2.30. The van der Waals surface area contributed by atoms with Crippen LogP contribution in [0.25, 0.3) is 0 Å². The highest BCUT2D eigenvalue weighted by Crippen LogP contribution is 2.41. The molecule has 8 N–H and O–H groups in total. The van der Waals surface area contributed by atoms with Gasteiger partial charge in [0, 0.05) is 97.8 Å². The van der Waals surface area contributed by atoms with Gasteiger partial charge in [0.1, 0.15) is 51.5 Å². The molecule has 0 fully saturated rings. The van der Waals surface area contributed by atoms with E-state index in [0.717, 1.165) is 33.4 Å². The number of nitrogens with zero attached hydrogens (tertiary/aromatic N) is 2. The van der Waals surface area contributed by atoms with Crippen molar-refractivity contribution in [2.24, 2.45) is 0 Å². The monoisotopic (exact) mass is 1630 g/mol. The van der Waals surface area contributed by atoms with Crippen molar-refractivity contribution in [2.45, 2.75) is 91.5 Å². The number of carbonyl (C=O) groups excluding carboxylic acids is 6. The molecular formula is C93H111N9O17. The average Bonchev–Trinajstić information content (AvgIpc) is 0.803. The molecule has 0 saturated carbocycles. The third kappa shape index (κ3) is 29.9. The molecule has 0 spiro atoms. The van der Waals surface area contributed by atoms with Gasteiger partial charge in [-0.3, -0.25) is 39.1 Å². The van der Waals surface area contributed by atoms with E-state index in [2.05, 4.69) is 42.1 Å². The van der Waals surface area contributed by atoms with Crippen molar-refractivity contribution in [2.75, 3.05) is 125 Å². The Kier molecular flexibility index (Phi) is 36.6. The van der Waals surface area contributed by atoms with Crippen LogP contribution in [0.3, 0.4) is 0 Å². The van der Waals surface area contributed by atoms with E-state index in [1.807, 2.05) is 187 Å². The Balaban J connectivity index is 0.965. The minimum atomic E-state index is -1.35. The minimum Gasteiger partial charge on any atom is -0.485 e. The van der Waals surface area contributed by atoms with Crippen molar-refractivity contribution >= 4 is 35.6 Å². The summed E-state index contributed by atoms with van der Waals surface area (Å²) < 4.78 is 62.0. The SMILES string of the molecule is COCCOCCOCCN1CCNC(=O)c2ccc(c(OCc3ccccc3)c2OCc2ccccc2)C(=O)NCCN(CCNC(=O)c2ccc(C(=O)NCCCCCNC(=O)OC(C)(C)C)c(OCc3ccccc3)c2OCc2ccccc2)CCNC(=O)c2ccc(c(OCc3ccccc3)c2OCc2ccccc2)C(O)NCC1. The van der Waals surface area contributed by atoms with Gasteiger partial charge in [-0.2, -0.15) is 0 Å². The van der Waals surface area contributed by atoms with Gasteiger partial charge in [-0.25, -0.2) is 4.79 Å². The second-order valence-electron chi connectivity index (χ2n) is 29.2. The number of unbranched alkanes of at least 4 members (excludes halogenated alkanes) is 2. The molecule has 9 aromatic carbocycles. The molecule has 9 aromatic rings. The molecule has 1 atom stereocenters. The maximum Gasteiger partial charge on any atom is 0.407 e. The second kappa shape index (κ2) is 48.7. The van der Waals surface area contributed by atoms with Crippen LogP contribution in [0.15, 0.2) is 218 Å². The summed E-state index contributed by atoms with van der Waals surface area (Å²) in [7, 11) is 1.61. The first-order valence-corrected chi connectivity index (χ1v) is 40.5. The molecule has 119 heavy (non-hydrogen) atoms. The van der Waals surface area contributed by atoms with Gasteiger partial charge in [-0.15, -0.1) is 0 Å². The van der Waals surface area contributed by atoms with Crippen LogP contribution in [0.5, 0.6) is 34.5 Å². The summed E-state index contributed by atoms with van der Waals surface area (Å²) in [5.41, 5.74) is 5.01. The Labute approximate surface area is 696 Å². The lowest BCUT2D eigenvalue weighted by atomic mass is 10.1. The van der Waals surface area contributed by atoms with Gasteiger partial charge in [-0.1, -0.05) is 188 Å². The molecule has 0 aromatic heterocycles. The zero-order chi connectivity index (χ0) is 83.7. The summed E-state index contributed by atoms with van der Waals surface area (Å²) in [6.45, 7) is 10.2. The van der Waals surface area contributed by atoms with E-state index >= 15 is 14.4 Å². The predicted octanol–water partition coefficient (Wildman–Crippen LogP) is 11.8. The predicted molar refractivity (Wildman–Crippen MR) is 453 cm³/mol. The normalized spacial score (nSPS) is 14.1. The minimum absolute atomic E-state index is 0.00718. The number of amides is 6. The lowest BCUT2D eigenvalue weighted by Gasteiger charge is -2.26. The van der Waals surface area contributed by atoms with E-state index < -0.39 is 47.5 Å². The highest BCUT2D eigenvalue weighted by molar-refractivity contribution is 6.04. The average molecular weight is 1630 g/mol. The molecule has 4 bridgehead atoms. The first kappa shape index (κ1) is 89.5. The topological polar surface area (TPSA) is 306 Å². The molecule has 1 aliphatic heterocycles. The Morgan fingerprint density at radius 2 is 0.723 bits per heavy atom. The Hall–Kier alpha value is -11.9. The third-order valence-corrected chi connectivity index (χ3v) is 19.0. The second-order valence-corrected chi connectivity index (χ2v) is 29.2. The Bertz CT molecular complexity index is 4610. The first-order valence-electron chi connectivity index (χ1n) is 40.5. The quantitative estimate of drug-likeness (QED) is 0.0167. The lowest BCUT2D eigenvalue weighted by Crippen LogP contribution is -2.43. The van der Waals surface area contributed by atoms with E-state index in [1.54, 1.807) is 58.2 Å². The van der Waals surface area contributed by atoms with Crippen LogP contribution < -0.4 is 65.6 Å². The summed E-state index contributed by atoms with van der Waals surface area (Å²) in [4.78, 5) is 90.9. The van der Waals surface area contributed by atoms with Crippen molar-refractivity contribution < 1.29 is 81.2 Å². The maximum atomic E-state index is 15.1. The van der Waals surface area contributed by atoms with Gasteiger partial charge in [-0.05, 0) is 104 Å². The maximum absolute atomic E-state index is 15.1. The van der Waals surface area contributed by atoms with Crippen LogP contribution in [-0.4, -0.2) is 181 Å². The fraction of sp³-hybridized carbons (Fsp3) is 0.355. The van der Waals surface area contributed by atoms with Crippen molar-refractivity contribution in [1.82, 2.24) is 47.0 Å². The number of carbonyl (C=O) groups is 6. The van der Waals surface area contributed by atoms with E-state index in [1.165, 1.54) is 6.07 Å². The van der Waals surface area contributed by atoms with Gasteiger partial charge >= 0.3 is 6.09 Å². The fourth-order valence-corrected chi connectivity index (χ4v) is 12.8. The molecule has 26 heteroatoms. The molecular weight excluding hydrogens is 1520 g/mol. The number of methoxy groups -OCH3 is 1. The standard InChI is InChI=1S/C93H111N9O17/c1-93(2,3)119-92(109)100-45-25-11-24-44-94-86(103)74-38-39-75(81(114-63-69-28-14-6-15-29-69)80(74)113-62-68-26-12-5-13-27-68)87(104)95-46-51-101-52-47-96-88(105)76-40-42-78(84(117-66-72-34-20-9-21-35-72)82(76)115-64-70-30-16-7-17-31-70)90(107)98-49-54-102(56-57-111-60-61-112-59-58-110-4)55-50-99-91(108)79-43-41-77(89(106)97-48-53-101)83(116-65-71-32-18-8-19-33-71)85(79)118-67-73-36-22-10-23-37-73/h5-10,12-23,26-43,90,98,107H,11,24-25,44-67H2,1-4H3,(H,94,103)(H,95,104)(H,96,105)(H,97,106)(H,99,108)(H,100,109). The van der Waals surface area contributed by atoms with Crippen molar-refractivity contribution in [3.63, 3.8) is 0 Å². The number of nitrogens with one attached hydrogen (secondary N) is 7. The summed E-state index contributed by atoms with van der Waals surface area (Å²) in [6.07, 6.45) is 0.0913. The molecule has 630 valence electrons. The zero-order valence-corrected chi connectivity index (χ0v) is 68.3. The number of rotatable bonds is 38. The van der Waals surface area contributed by atoms with Crippen LogP contribution in [0, 0.1) is 0 Å². The lowest BCUT2D eigenvalue weighted by molar-refractivity contribution is 0.0193. The summed E-state index contributed by atoms with van der Waals surface area (Å²) in [6, 6.07) is 66.1. The molecule has 0 saturated heterocycles. The molecule has 0 aliphatic carbocycles. The first-order chi connectivity index (χ1) is 58.1. The number of aliphatic hydroxyl groups excluding tert-OH is 1. The van der Waals surface area contributed by atoms with E-state index in [-0.39, 0.29) is 154 Å². The van der Waals surface area contributed by atoms with Crippen LogP contribution in [-0.2, 0) is 58.6 Å². The molecule has 26 nitrogen and oxygen atoms in total. The van der Waals surface area contributed by atoms with Crippen molar-refractivity contribution in [3.05, 3.63) is 285 Å². The molecule has 6 amide bonds. The van der Waals surface area contributed by atoms with E-state index in [9.17, 15) is 19.5 Å². The van der Waals surface area contributed by atoms with Crippen molar-refractivity contribution in [1.29, 1.82) is 0 Å². The van der Waals surface area contributed by atoms with Gasteiger partial charge in [0.05, 0.1) is 60.9 Å². The number of hydrogen-bond acceptors (Lipinski definition) is 20. The van der Waals surface area contributed by atoms with Gasteiger partial charge in [0.2, 0.25) is 0 Å². The van der Waals surface area contributed by atoms with Crippen molar-refractivity contribution in [3.8, 4) is 34.5 Å². The smallest absolute Gasteiger partial charge is 0.407 e. The molecule has 1 heterocycles. The largest absolute Gasteiger partial charge is 0.485 e. The van der Waals surface area contributed by atoms with Gasteiger partial charge < -0.3 is 84.4 Å².